The third-order valence-corrected chi connectivity index (χ3v) is 11.1. The fourth-order valence-electron chi connectivity index (χ4n) is 6.23. The Morgan fingerprint density at radius 3 is 1.30 bits per heavy atom. The first-order chi connectivity index (χ1) is 22.9. The fourth-order valence-corrected chi connectivity index (χ4v) is 8.79. The lowest BCUT2D eigenvalue weighted by atomic mass is 10.0. The normalized spacial score (nSPS) is 14.1. The van der Waals surface area contributed by atoms with E-state index < -0.39 is 0 Å². The maximum atomic E-state index is 13.2. The number of anilines is 2. The first-order valence-electron chi connectivity index (χ1n) is 16.1. The van der Waals surface area contributed by atoms with Crippen LogP contribution in [0.1, 0.15) is 101 Å². The molecule has 4 aromatic rings. The molecule has 9 nitrogen and oxygen atoms in total. The molecule has 11 heteroatoms. The number of hydrogen-bond donors (Lipinski definition) is 4. The summed E-state index contributed by atoms with van der Waals surface area (Å²) in [5, 5.41) is 12.6. The third kappa shape index (κ3) is 7.11. The molecule has 0 spiro atoms. The van der Waals surface area contributed by atoms with Crippen molar-refractivity contribution in [3.8, 4) is 11.5 Å². The maximum Gasteiger partial charge on any atom is 0.256 e. The van der Waals surface area contributed by atoms with E-state index in [0.29, 0.717) is 43.8 Å². The van der Waals surface area contributed by atoms with Gasteiger partial charge in [-0.25, -0.2) is 0 Å². The highest BCUT2D eigenvalue weighted by atomic mass is 32.1. The van der Waals surface area contributed by atoms with Crippen molar-refractivity contribution in [1.82, 2.24) is 10.6 Å². The van der Waals surface area contributed by atoms with Crippen LogP contribution in [0.25, 0.3) is 0 Å². The molecule has 0 aliphatic heterocycles. The molecule has 2 aromatic heterocycles. The van der Waals surface area contributed by atoms with Gasteiger partial charge in [-0.3, -0.25) is 19.2 Å². The summed E-state index contributed by atoms with van der Waals surface area (Å²) in [7, 11) is 3.22. The van der Waals surface area contributed by atoms with E-state index in [1.54, 1.807) is 62.6 Å². The second-order valence-corrected chi connectivity index (χ2v) is 14.0. The lowest BCUT2D eigenvalue weighted by molar-refractivity contribution is 0.0954. The molecule has 2 aliphatic rings. The number of amides is 4. The van der Waals surface area contributed by atoms with E-state index in [0.717, 1.165) is 75.3 Å². The molecule has 2 heterocycles. The second kappa shape index (κ2) is 14.5. The molecule has 2 aromatic carbocycles. The van der Waals surface area contributed by atoms with Crippen molar-refractivity contribution in [1.29, 1.82) is 0 Å². The van der Waals surface area contributed by atoms with Crippen LogP contribution >= 0.6 is 22.7 Å². The smallest absolute Gasteiger partial charge is 0.256 e. The Kier molecular flexibility index (Phi) is 10.0. The van der Waals surface area contributed by atoms with Crippen molar-refractivity contribution in [3.05, 3.63) is 91.7 Å². The van der Waals surface area contributed by atoms with Gasteiger partial charge in [-0.2, -0.15) is 0 Å². The van der Waals surface area contributed by atoms with Crippen LogP contribution in [0.2, 0.25) is 0 Å². The molecule has 0 atom stereocenters. The Hall–Kier alpha value is -4.48. The fraction of sp³-hybridized carbons (Fsp3) is 0.333. The predicted octanol–water partition coefficient (Wildman–Crippen LogP) is 7.36. The van der Waals surface area contributed by atoms with Gasteiger partial charge in [0.25, 0.3) is 23.6 Å². The Morgan fingerprint density at radius 2 is 0.915 bits per heavy atom. The molecule has 4 amide bonds. The van der Waals surface area contributed by atoms with Gasteiger partial charge in [-0.15, -0.1) is 22.7 Å². The van der Waals surface area contributed by atoms with Crippen LogP contribution in [0.3, 0.4) is 0 Å². The van der Waals surface area contributed by atoms with Gasteiger partial charge in [0.1, 0.15) is 21.5 Å². The lowest BCUT2D eigenvalue weighted by Crippen LogP contribution is -2.21. The summed E-state index contributed by atoms with van der Waals surface area (Å²) in [4.78, 5) is 54.2. The van der Waals surface area contributed by atoms with Crippen LogP contribution < -0.4 is 26.0 Å². The minimum absolute atomic E-state index is 0.179. The van der Waals surface area contributed by atoms with Gasteiger partial charge in [0, 0.05) is 35.0 Å². The zero-order chi connectivity index (χ0) is 32.9. The van der Waals surface area contributed by atoms with E-state index in [4.69, 9.17) is 4.74 Å². The minimum atomic E-state index is -0.296. The lowest BCUT2D eigenvalue weighted by Gasteiger charge is -2.10. The van der Waals surface area contributed by atoms with Crippen LogP contribution in [-0.2, 0) is 25.7 Å². The van der Waals surface area contributed by atoms with Crippen molar-refractivity contribution in [3.63, 3.8) is 0 Å². The van der Waals surface area contributed by atoms with Gasteiger partial charge in [0.2, 0.25) is 0 Å². The zero-order valence-electron chi connectivity index (χ0n) is 26.5. The van der Waals surface area contributed by atoms with Crippen molar-refractivity contribution in [2.45, 2.75) is 64.2 Å². The van der Waals surface area contributed by atoms with E-state index in [2.05, 4.69) is 21.3 Å². The molecule has 2 aliphatic carbocycles. The van der Waals surface area contributed by atoms with Crippen molar-refractivity contribution >= 4 is 56.3 Å². The van der Waals surface area contributed by atoms with Gasteiger partial charge < -0.3 is 26.0 Å². The van der Waals surface area contributed by atoms with Crippen LogP contribution in [0, 0.1) is 0 Å². The predicted molar refractivity (Wildman–Crippen MR) is 187 cm³/mol. The van der Waals surface area contributed by atoms with Crippen LogP contribution in [0.4, 0.5) is 10.0 Å². The van der Waals surface area contributed by atoms with Gasteiger partial charge >= 0.3 is 0 Å². The molecule has 4 N–H and O–H groups in total. The molecular weight excluding hydrogens is 633 g/mol. The van der Waals surface area contributed by atoms with Crippen LogP contribution in [-0.4, -0.2) is 37.7 Å². The number of carbonyl (C=O) groups excluding carboxylic acids is 4. The highest BCUT2D eigenvalue weighted by molar-refractivity contribution is 7.17. The number of ether oxygens (including phenoxy) is 1. The van der Waals surface area contributed by atoms with Gasteiger partial charge in [-0.05, 0) is 111 Å². The highest BCUT2D eigenvalue weighted by Gasteiger charge is 2.27. The number of aryl methyl sites for hydroxylation is 2. The Bertz CT molecular complexity index is 1680. The summed E-state index contributed by atoms with van der Waals surface area (Å²) in [6, 6.07) is 13.5. The van der Waals surface area contributed by atoms with Crippen LogP contribution in [0.5, 0.6) is 11.5 Å². The quantitative estimate of drug-likeness (QED) is 0.146. The zero-order valence-corrected chi connectivity index (χ0v) is 28.2. The Balaban J connectivity index is 1.10. The molecule has 0 fully saturated rings. The second-order valence-electron chi connectivity index (χ2n) is 11.8. The Morgan fingerprint density at radius 1 is 0.532 bits per heavy atom. The standard InChI is InChI=1S/C36H38N4O5S2/c1-37-33(43)29-25-9-5-3-7-11-27(25)46-35(29)39-31(41)21-13-17-23(18-14-21)45-24-19-15-22(16-20-24)32(42)40-36-30(34(44)38-2)26-10-6-4-8-12-28(26)47-36/h13-20H,3-12H2,1-2H3,(H,37,43)(H,38,44)(H,39,41)(H,40,42). The highest BCUT2D eigenvalue weighted by Crippen LogP contribution is 2.39. The molecule has 244 valence electrons. The molecule has 0 saturated carbocycles. The third-order valence-electron chi connectivity index (χ3n) is 8.67. The number of benzene rings is 2. The first kappa shape index (κ1) is 32.5. The monoisotopic (exact) mass is 670 g/mol. The number of rotatable bonds is 8. The summed E-state index contributed by atoms with van der Waals surface area (Å²) < 4.78 is 5.98. The van der Waals surface area contributed by atoms with Crippen molar-refractivity contribution in [2.24, 2.45) is 0 Å². The molecule has 47 heavy (non-hydrogen) atoms. The number of hydrogen-bond acceptors (Lipinski definition) is 7. The van der Waals surface area contributed by atoms with Crippen molar-refractivity contribution < 1.29 is 23.9 Å². The summed E-state index contributed by atoms with van der Waals surface area (Å²) in [6.45, 7) is 0. The SMILES string of the molecule is CNC(=O)c1c(NC(=O)c2ccc(Oc3ccc(C(=O)Nc4sc5c(c4C(=O)NC)CCCCC5)cc3)cc2)sc2c1CCCCC2. The van der Waals surface area contributed by atoms with E-state index in [1.807, 2.05) is 0 Å². The number of thiophene rings is 2. The molecule has 6 rings (SSSR count). The largest absolute Gasteiger partial charge is 0.457 e. The topological polar surface area (TPSA) is 126 Å². The molecule has 0 radical (unpaired) electrons. The number of carbonyl (C=O) groups is 4. The molecule has 0 unspecified atom stereocenters. The average Bonchev–Trinajstić information content (AvgIpc) is 3.36. The number of fused-ring (bicyclic) bond motifs is 2. The summed E-state index contributed by atoms with van der Waals surface area (Å²) >= 11 is 2.99. The molecular formula is C36H38N4O5S2. The maximum absolute atomic E-state index is 13.2. The Labute approximate surface area is 282 Å². The summed E-state index contributed by atoms with van der Waals surface area (Å²) in [5.41, 5.74) is 4.16. The van der Waals surface area contributed by atoms with Gasteiger partial charge in [0.05, 0.1) is 11.1 Å². The van der Waals surface area contributed by atoms with E-state index in [9.17, 15) is 19.2 Å². The summed E-state index contributed by atoms with van der Waals surface area (Å²) in [6.07, 6.45) is 10.1. The van der Waals surface area contributed by atoms with E-state index in [1.165, 1.54) is 32.4 Å². The summed E-state index contributed by atoms with van der Waals surface area (Å²) in [5.74, 6) is 0.110. The van der Waals surface area contributed by atoms with E-state index >= 15 is 0 Å². The van der Waals surface area contributed by atoms with Gasteiger partial charge in [-0.1, -0.05) is 12.8 Å². The van der Waals surface area contributed by atoms with E-state index in [-0.39, 0.29) is 23.6 Å². The van der Waals surface area contributed by atoms with Crippen LogP contribution in [0.15, 0.2) is 48.5 Å². The first-order valence-corrected chi connectivity index (χ1v) is 17.7. The van der Waals surface area contributed by atoms with Gasteiger partial charge in [0.15, 0.2) is 0 Å². The molecule has 0 saturated heterocycles. The minimum Gasteiger partial charge on any atom is -0.457 e. The number of nitrogens with one attached hydrogen (secondary N) is 4. The van der Waals surface area contributed by atoms with Crippen molar-refractivity contribution in [2.75, 3.05) is 24.7 Å². The average molecular weight is 671 g/mol. The molecule has 0 bridgehead atoms.